The van der Waals surface area contributed by atoms with Crippen molar-refractivity contribution in [2.24, 2.45) is 0 Å². The highest BCUT2D eigenvalue weighted by molar-refractivity contribution is 6.36. The molecule has 0 saturated heterocycles. The summed E-state index contributed by atoms with van der Waals surface area (Å²) in [5, 5.41) is 3.19. The van der Waals surface area contributed by atoms with Gasteiger partial charge in [-0.05, 0) is 67.3 Å². The zero-order chi connectivity index (χ0) is 22.8. The van der Waals surface area contributed by atoms with Crippen molar-refractivity contribution >= 4 is 23.1 Å². The van der Waals surface area contributed by atoms with Gasteiger partial charge < -0.3 is 10.1 Å². The number of nitrogens with one attached hydrogen (secondary N) is 1. The van der Waals surface area contributed by atoms with Gasteiger partial charge in [0.15, 0.2) is 0 Å². The van der Waals surface area contributed by atoms with Gasteiger partial charge in [0.2, 0.25) is 0 Å². The molecule has 162 valence electrons. The van der Waals surface area contributed by atoms with Crippen LogP contribution >= 0.6 is 0 Å². The van der Waals surface area contributed by atoms with Crippen molar-refractivity contribution in [3.63, 3.8) is 0 Å². The molecule has 4 rings (SSSR count). The van der Waals surface area contributed by atoms with Crippen LogP contribution in [-0.2, 0) is 16.1 Å². The minimum atomic E-state index is -0.334. The van der Waals surface area contributed by atoms with Crippen LogP contribution in [0.15, 0.2) is 72.4 Å². The Morgan fingerprint density at radius 2 is 1.50 bits per heavy atom. The molecule has 2 amide bonds. The summed E-state index contributed by atoms with van der Waals surface area (Å²) in [4.78, 5) is 28.2. The third-order valence-electron chi connectivity index (χ3n) is 5.78. The Morgan fingerprint density at radius 1 is 0.812 bits per heavy atom. The van der Waals surface area contributed by atoms with Crippen LogP contribution in [0.25, 0.3) is 5.57 Å². The van der Waals surface area contributed by atoms with E-state index >= 15 is 0 Å². The second-order valence-corrected chi connectivity index (χ2v) is 8.08. The number of nitrogens with zero attached hydrogens (tertiary/aromatic N) is 1. The minimum Gasteiger partial charge on any atom is -0.497 e. The van der Waals surface area contributed by atoms with E-state index in [0.29, 0.717) is 17.0 Å². The quantitative estimate of drug-likeness (QED) is 0.563. The summed E-state index contributed by atoms with van der Waals surface area (Å²) in [5.41, 5.74) is 6.35. The fourth-order valence-corrected chi connectivity index (χ4v) is 3.70. The lowest BCUT2D eigenvalue weighted by Crippen LogP contribution is -2.32. The molecule has 5 heteroatoms. The molecule has 0 fully saturated rings. The monoisotopic (exact) mass is 426 g/mol. The van der Waals surface area contributed by atoms with Crippen LogP contribution in [0.4, 0.5) is 5.69 Å². The van der Waals surface area contributed by atoms with Gasteiger partial charge >= 0.3 is 0 Å². The van der Waals surface area contributed by atoms with Gasteiger partial charge in [0, 0.05) is 5.69 Å². The van der Waals surface area contributed by atoms with Crippen LogP contribution in [-0.4, -0.2) is 23.8 Å². The number of aryl methyl sites for hydroxylation is 3. The van der Waals surface area contributed by atoms with Crippen molar-refractivity contribution in [1.82, 2.24) is 4.90 Å². The first-order valence-electron chi connectivity index (χ1n) is 10.5. The Kier molecular flexibility index (Phi) is 5.82. The van der Waals surface area contributed by atoms with Crippen LogP contribution in [0.1, 0.15) is 27.8 Å². The molecule has 1 N–H and O–H groups in total. The van der Waals surface area contributed by atoms with Crippen LogP contribution < -0.4 is 10.1 Å². The molecule has 3 aromatic rings. The third-order valence-corrected chi connectivity index (χ3v) is 5.78. The van der Waals surface area contributed by atoms with Crippen molar-refractivity contribution in [2.75, 3.05) is 12.4 Å². The number of hydrogen-bond donors (Lipinski definition) is 1. The first-order chi connectivity index (χ1) is 15.4. The first-order valence-corrected chi connectivity index (χ1v) is 10.5. The van der Waals surface area contributed by atoms with Gasteiger partial charge in [-0.15, -0.1) is 0 Å². The minimum absolute atomic E-state index is 0.222. The zero-order valence-corrected chi connectivity index (χ0v) is 18.7. The smallest absolute Gasteiger partial charge is 0.278 e. The molecular weight excluding hydrogens is 400 g/mol. The van der Waals surface area contributed by atoms with Gasteiger partial charge in [-0.2, -0.15) is 0 Å². The Morgan fingerprint density at radius 3 is 2.12 bits per heavy atom. The van der Waals surface area contributed by atoms with Gasteiger partial charge in [-0.3, -0.25) is 14.5 Å². The second kappa shape index (κ2) is 8.71. The van der Waals surface area contributed by atoms with Crippen LogP contribution in [0, 0.1) is 20.8 Å². The van der Waals surface area contributed by atoms with Gasteiger partial charge in [0.05, 0.1) is 19.2 Å². The lowest BCUT2D eigenvalue weighted by molar-refractivity contribution is -0.137. The van der Waals surface area contributed by atoms with Crippen molar-refractivity contribution < 1.29 is 14.3 Å². The van der Waals surface area contributed by atoms with E-state index in [0.717, 1.165) is 27.8 Å². The van der Waals surface area contributed by atoms with E-state index in [1.807, 2.05) is 87.5 Å². The highest BCUT2D eigenvalue weighted by Gasteiger charge is 2.39. The molecule has 1 heterocycles. The number of ether oxygens (including phenoxy) is 1. The Labute approximate surface area is 188 Å². The molecule has 0 radical (unpaired) electrons. The highest BCUT2D eigenvalue weighted by atomic mass is 16.5. The maximum atomic E-state index is 13.5. The number of imide groups is 1. The summed E-state index contributed by atoms with van der Waals surface area (Å²) in [6.07, 6.45) is 0. The molecule has 5 nitrogen and oxygen atoms in total. The largest absolute Gasteiger partial charge is 0.497 e. The Balaban J connectivity index is 1.73. The number of anilines is 1. The molecule has 32 heavy (non-hydrogen) atoms. The summed E-state index contributed by atoms with van der Waals surface area (Å²) in [5.74, 6) is 0.0863. The van der Waals surface area contributed by atoms with E-state index in [2.05, 4.69) is 5.32 Å². The molecule has 0 unspecified atom stereocenters. The molecule has 0 atom stereocenters. The Hall–Kier alpha value is -3.86. The number of methoxy groups -OCH3 is 1. The number of hydrogen-bond acceptors (Lipinski definition) is 4. The Bertz CT molecular complexity index is 1210. The normalized spacial score (nSPS) is 13.7. The first kappa shape index (κ1) is 21.4. The van der Waals surface area contributed by atoms with Gasteiger partial charge in [0.1, 0.15) is 11.4 Å². The third kappa shape index (κ3) is 4.14. The fraction of sp³-hybridized carbons (Fsp3) is 0.185. The molecule has 0 saturated carbocycles. The standard InChI is InChI=1S/C27H26N2O3/c1-17-5-8-20(9-6-17)16-29-26(30)24(21-10-7-18(2)19(3)15-21)25(27(29)31)28-22-11-13-23(32-4)14-12-22/h5-15,28H,16H2,1-4H3. The fourth-order valence-electron chi connectivity index (χ4n) is 3.70. The van der Waals surface area contributed by atoms with Gasteiger partial charge in [0.25, 0.3) is 11.8 Å². The van der Waals surface area contributed by atoms with Crippen LogP contribution in [0.3, 0.4) is 0 Å². The topological polar surface area (TPSA) is 58.6 Å². The summed E-state index contributed by atoms with van der Waals surface area (Å²) in [6.45, 7) is 6.25. The number of benzene rings is 3. The summed E-state index contributed by atoms with van der Waals surface area (Å²) in [6, 6.07) is 20.9. The maximum Gasteiger partial charge on any atom is 0.278 e. The lowest BCUT2D eigenvalue weighted by Gasteiger charge is -2.16. The van der Waals surface area contributed by atoms with Crippen LogP contribution in [0.5, 0.6) is 5.75 Å². The molecule has 0 spiro atoms. The molecule has 0 aliphatic carbocycles. The number of amides is 2. The van der Waals surface area contributed by atoms with E-state index in [1.54, 1.807) is 7.11 Å². The van der Waals surface area contributed by atoms with Gasteiger partial charge in [-0.25, -0.2) is 0 Å². The predicted molar refractivity (Wildman–Crippen MR) is 126 cm³/mol. The summed E-state index contributed by atoms with van der Waals surface area (Å²) < 4.78 is 5.21. The predicted octanol–water partition coefficient (Wildman–Crippen LogP) is 5.01. The average molecular weight is 427 g/mol. The van der Waals surface area contributed by atoms with Crippen molar-refractivity contribution in [1.29, 1.82) is 0 Å². The van der Waals surface area contributed by atoms with Crippen molar-refractivity contribution in [2.45, 2.75) is 27.3 Å². The number of carbonyl (C=O) groups is 2. The molecular formula is C27H26N2O3. The lowest BCUT2D eigenvalue weighted by atomic mass is 9.99. The molecule has 0 bridgehead atoms. The van der Waals surface area contributed by atoms with Gasteiger partial charge in [-0.1, -0.05) is 48.0 Å². The van der Waals surface area contributed by atoms with Crippen molar-refractivity contribution in [3.8, 4) is 5.75 Å². The summed E-state index contributed by atoms with van der Waals surface area (Å²) >= 11 is 0. The van der Waals surface area contributed by atoms with Crippen LogP contribution in [0.2, 0.25) is 0 Å². The second-order valence-electron chi connectivity index (χ2n) is 8.08. The average Bonchev–Trinajstić information content (AvgIpc) is 3.02. The summed E-state index contributed by atoms with van der Waals surface area (Å²) in [7, 11) is 1.60. The van der Waals surface area contributed by atoms with Crippen molar-refractivity contribution in [3.05, 3.63) is 100 Å². The molecule has 3 aromatic carbocycles. The molecule has 0 aromatic heterocycles. The number of carbonyl (C=O) groups excluding carboxylic acids is 2. The van der Waals surface area contributed by atoms with E-state index in [1.165, 1.54) is 4.90 Å². The zero-order valence-electron chi connectivity index (χ0n) is 18.7. The SMILES string of the molecule is COc1ccc(NC2=C(c3ccc(C)c(C)c3)C(=O)N(Cc3ccc(C)cc3)C2=O)cc1. The number of rotatable bonds is 6. The maximum absolute atomic E-state index is 13.5. The van der Waals surface area contributed by atoms with E-state index in [-0.39, 0.29) is 24.1 Å². The highest BCUT2D eigenvalue weighted by Crippen LogP contribution is 2.32. The van der Waals surface area contributed by atoms with E-state index in [9.17, 15) is 9.59 Å². The van der Waals surface area contributed by atoms with E-state index < -0.39 is 0 Å². The molecule has 1 aliphatic heterocycles. The molecule has 1 aliphatic rings. The van der Waals surface area contributed by atoms with E-state index in [4.69, 9.17) is 4.74 Å².